The van der Waals surface area contributed by atoms with Crippen LogP contribution in [-0.2, 0) is 9.59 Å². The van der Waals surface area contributed by atoms with Crippen LogP contribution < -0.4 is 14.5 Å². The van der Waals surface area contributed by atoms with Crippen LogP contribution in [0.1, 0.15) is 23.9 Å². The lowest BCUT2D eigenvalue weighted by atomic mass is 10.1. The highest BCUT2D eigenvalue weighted by Gasteiger charge is 2.46. The fraction of sp³-hybridized carbons (Fsp3) is 0.381. The predicted molar refractivity (Wildman–Crippen MR) is 104 cm³/mol. The maximum Gasteiger partial charge on any atom is 0.292 e. The third-order valence-electron chi connectivity index (χ3n) is 5.47. The van der Waals surface area contributed by atoms with E-state index in [1.807, 2.05) is 6.92 Å². The number of rotatable bonds is 5. The van der Waals surface area contributed by atoms with Crippen LogP contribution in [0.15, 0.2) is 47.1 Å². The number of anilines is 1. The third kappa shape index (κ3) is 3.75. The van der Waals surface area contributed by atoms with E-state index in [4.69, 9.17) is 9.15 Å². The molecule has 8 heteroatoms. The minimum atomic E-state index is -0.407. The molecule has 0 saturated carbocycles. The number of nitrogens with zero attached hydrogens (tertiary/aromatic N) is 2. The Morgan fingerprint density at radius 1 is 1.17 bits per heavy atom. The molecule has 1 aromatic carbocycles. The van der Waals surface area contributed by atoms with Crippen LogP contribution in [0.2, 0.25) is 0 Å². The van der Waals surface area contributed by atoms with E-state index in [1.54, 1.807) is 41.3 Å². The Bertz CT molecular complexity index is 886. The average Bonchev–Trinajstić information content (AvgIpc) is 3.37. The summed E-state index contributed by atoms with van der Waals surface area (Å²) in [5.74, 6) is 0.515. The van der Waals surface area contributed by atoms with Crippen molar-refractivity contribution in [2.45, 2.75) is 19.4 Å². The Morgan fingerprint density at radius 3 is 2.52 bits per heavy atom. The molecule has 8 nitrogen and oxygen atoms in total. The van der Waals surface area contributed by atoms with Crippen LogP contribution in [0.3, 0.4) is 0 Å². The summed E-state index contributed by atoms with van der Waals surface area (Å²) in [6.07, 6.45) is 1.67. The molecule has 0 aliphatic carbocycles. The summed E-state index contributed by atoms with van der Waals surface area (Å²) < 4.78 is 10.6. The molecule has 0 bridgehead atoms. The van der Waals surface area contributed by atoms with Gasteiger partial charge >= 0.3 is 0 Å². The van der Waals surface area contributed by atoms with Crippen LogP contribution in [-0.4, -0.2) is 61.4 Å². The van der Waals surface area contributed by atoms with Crippen molar-refractivity contribution in [3.05, 3.63) is 48.4 Å². The molecule has 2 aromatic rings. The van der Waals surface area contributed by atoms with Crippen molar-refractivity contribution in [3.63, 3.8) is 0 Å². The second-order valence-electron chi connectivity index (χ2n) is 7.18. The van der Waals surface area contributed by atoms with Crippen molar-refractivity contribution < 1.29 is 28.4 Å². The molecule has 2 fully saturated rings. The summed E-state index contributed by atoms with van der Waals surface area (Å²) in [6.45, 7) is 4.74. The fourth-order valence-electron chi connectivity index (χ4n) is 3.98. The first-order valence-electron chi connectivity index (χ1n) is 9.85. The minimum absolute atomic E-state index is 0.140. The highest BCUT2D eigenvalue weighted by Crippen LogP contribution is 2.24. The number of carbonyl (C=O) groups excluding carboxylic acids is 3. The van der Waals surface area contributed by atoms with E-state index in [0.29, 0.717) is 50.0 Å². The van der Waals surface area contributed by atoms with E-state index >= 15 is 0 Å². The summed E-state index contributed by atoms with van der Waals surface area (Å²) in [6, 6.07) is 9.92. The van der Waals surface area contributed by atoms with Crippen LogP contribution in [0.25, 0.3) is 0 Å². The molecule has 4 rings (SSSR count). The third-order valence-corrected chi connectivity index (χ3v) is 5.47. The Labute approximate surface area is 168 Å². The van der Waals surface area contributed by atoms with Crippen molar-refractivity contribution in [2.24, 2.45) is 0 Å². The number of quaternary nitrogens is 1. The van der Waals surface area contributed by atoms with E-state index < -0.39 is 6.04 Å². The second-order valence-corrected chi connectivity index (χ2v) is 7.18. The first-order chi connectivity index (χ1) is 14.1. The molecule has 0 unspecified atom stereocenters. The number of piperazine rings is 1. The normalized spacial score (nSPS) is 20.4. The van der Waals surface area contributed by atoms with E-state index in [1.165, 1.54) is 11.2 Å². The Balaban J connectivity index is 1.40. The van der Waals surface area contributed by atoms with Gasteiger partial charge < -0.3 is 19.0 Å². The second kappa shape index (κ2) is 8.08. The van der Waals surface area contributed by atoms with Gasteiger partial charge in [-0.2, -0.15) is 0 Å². The molecule has 2 aliphatic rings. The predicted octanol–water partition coefficient (Wildman–Crippen LogP) is 0.351. The maximum atomic E-state index is 13.0. The summed E-state index contributed by atoms with van der Waals surface area (Å²) in [4.78, 5) is 42.0. The van der Waals surface area contributed by atoms with E-state index in [9.17, 15) is 14.4 Å². The molecule has 29 heavy (non-hydrogen) atoms. The Hall–Kier alpha value is -3.13. The lowest BCUT2D eigenvalue weighted by Gasteiger charge is -2.34. The van der Waals surface area contributed by atoms with Crippen molar-refractivity contribution >= 4 is 23.4 Å². The van der Waals surface area contributed by atoms with Crippen LogP contribution in [0, 0.1) is 0 Å². The van der Waals surface area contributed by atoms with Gasteiger partial charge in [-0.15, -0.1) is 0 Å². The topological polar surface area (TPSA) is 84.5 Å². The van der Waals surface area contributed by atoms with Gasteiger partial charge in [0.2, 0.25) is 5.91 Å². The molecule has 152 valence electrons. The molecule has 2 aliphatic heterocycles. The van der Waals surface area contributed by atoms with Crippen molar-refractivity contribution in [1.82, 2.24) is 4.90 Å². The average molecular weight is 398 g/mol. The molecule has 1 aromatic heterocycles. The van der Waals surface area contributed by atoms with Gasteiger partial charge in [0.15, 0.2) is 11.8 Å². The Kier molecular flexibility index (Phi) is 5.35. The number of ether oxygens (including phenoxy) is 1. The number of benzene rings is 1. The largest absolute Gasteiger partial charge is 0.494 e. The van der Waals surface area contributed by atoms with E-state index in [2.05, 4.69) is 0 Å². The van der Waals surface area contributed by atoms with Crippen molar-refractivity contribution in [2.75, 3.05) is 37.7 Å². The molecule has 3 amide bonds. The highest BCUT2D eigenvalue weighted by atomic mass is 16.5. The minimum Gasteiger partial charge on any atom is -0.494 e. The van der Waals surface area contributed by atoms with Gasteiger partial charge in [0.05, 0.1) is 51.2 Å². The van der Waals surface area contributed by atoms with Gasteiger partial charge in [-0.1, -0.05) is 0 Å². The number of nitrogens with one attached hydrogen (secondary N) is 1. The van der Waals surface area contributed by atoms with E-state index in [0.717, 1.165) is 4.90 Å². The zero-order valence-electron chi connectivity index (χ0n) is 16.3. The maximum absolute atomic E-state index is 13.0. The standard InChI is InChI=1S/C21H23N3O5/c1-2-28-16-7-5-15(6-8-16)24-19(25)14-17(20(24)26)22-9-11-23(12-10-22)21(27)18-4-3-13-29-18/h3-8,13,17H,2,9-12,14H2,1H3/p+1/t17-/m0/s1. The smallest absolute Gasteiger partial charge is 0.292 e. The first-order valence-corrected chi connectivity index (χ1v) is 9.85. The molecule has 1 N–H and O–H groups in total. The number of imide groups is 1. The van der Waals surface area contributed by atoms with E-state index in [-0.39, 0.29) is 24.1 Å². The van der Waals surface area contributed by atoms with Gasteiger partial charge in [0, 0.05) is 0 Å². The molecular formula is C21H24N3O5+. The number of hydrogen-bond acceptors (Lipinski definition) is 5. The molecule has 3 heterocycles. The number of carbonyl (C=O) groups is 3. The number of hydrogen-bond donors (Lipinski definition) is 1. The van der Waals surface area contributed by atoms with Crippen molar-refractivity contribution in [1.29, 1.82) is 0 Å². The molecular weight excluding hydrogens is 374 g/mol. The summed E-state index contributed by atoms with van der Waals surface area (Å²) in [5.41, 5.74) is 0.567. The molecule has 0 spiro atoms. The lowest BCUT2D eigenvalue weighted by Crippen LogP contribution is -3.19. The van der Waals surface area contributed by atoms with Gasteiger partial charge in [-0.25, -0.2) is 4.90 Å². The highest BCUT2D eigenvalue weighted by molar-refractivity contribution is 6.21. The monoisotopic (exact) mass is 398 g/mol. The Morgan fingerprint density at radius 2 is 1.90 bits per heavy atom. The van der Waals surface area contributed by atoms with Gasteiger partial charge in [0.1, 0.15) is 5.75 Å². The molecule has 0 radical (unpaired) electrons. The number of amides is 3. The zero-order valence-corrected chi connectivity index (χ0v) is 16.3. The van der Waals surface area contributed by atoms with Gasteiger partial charge in [0.25, 0.3) is 11.8 Å². The van der Waals surface area contributed by atoms with Crippen LogP contribution >= 0.6 is 0 Å². The lowest BCUT2D eigenvalue weighted by molar-refractivity contribution is -0.918. The van der Waals surface area contributed by atoms with Crippen LogP contribution in [0.4, 0.5) is 5.69 Å². The van der Waals surface area contributed by atoms with Gasteiger partial charge in [-0.05, 0) is 43.3 Å². The first kappa shape index (κ1) is 19.2. The van der Waals surface area contributed by atoms with Gasteiger partial charge in [-0.3, -0.25) is 14.4 Å². The summed E-state index contributed by atoms with van der Waals surface area (Å²) >= 11 is 0. The summed E-state index contributed by atoms with van der Waals surface area (Å²) in [5, 5.41) is 0. The zero-order chi connectivity index (χ0) is 20.4. The quantitative estimate of drug-likeness (QED) is 0.735. The SMILES string of the molecule is CCOc1ccc(N2C(=O)C[C@H]([NH+]3CCN(C(=O)c4ccco4)CC3)C2=O)cc1. The molecule has 1 atom stereocenters. The molecule has 2 saturated heterocycles. The summed E-state index contributed by atoms with van der Waals surface area (Å²) in [7, 11) is 0. The van der Waals surface area contributed by atoms with Crippen LogP contribution in [0.5, 0.6) is 5.75 Å². The fourth-order valence-corrected chi connectivity index (χ4v) is 3.98. The number of furan rings is 1. The van der Waals surface area contributed by atoms with Crippen molar-refractivity contribution in [3.8, 4) is 5.75 Å².